The van der Waals surface area contributed by atoms with Crippen molar-refractivity contribution in [2.45, 2.75) is 25.4 Å². The van der Waals surface area contributed by atoms with E-state index in [1.807, 2.05) is 0 Å². The van der Waals surface area contributed by atoms with Crippen LogP contribution in [0.1, 0.15) is 33.7 Å². The third kappa shape index (κ3) is 1.49. The summed E-state index contributed by atoms with van der Waals surface area (Å²) in [6, 6.07) is 0. The molecule has 0 fully saturated rings. The molecule has 0 saturated heterocycles. The van der Waals surface area contributed by atoms with Crippen LogP contribution in [0.3, 0.4) is 0 Å². The van der Waals surface area contributed by atoms with E-state index in [1.165, 1.54) is 0 Å². The molecular weight excluding hydrogens is 211 g/mol. The Hall–Kier alpha value is -1.46. The first-order valence-electron chi connectivity index (χ1n) is 4.45. The molecule has 6 heteroatoms. The van der Waals surface area contributed by atoms with Crippen molar-refractivity contribution in [3.8, 4) is 0 Å². The molecule has 0 amide bonds. The van der Waals surface area contributed by atoms with Gasteiger partial charge in [-0.1, -0.05) is 0 Å². The molecule has 0 spiro atoms. The molecule has 0 aliphatic heterocycles. The Morgan fingerprint density at radius 3 is 2.53 bits per heavy atom. The highest BCUT2D eigenvalue weighted by atomic mass is 19.4. The van der Waals surface area contributed by atoms with Crippen LogP contribution in [0, 0.1) is 0 Å². The lowest BCUT2D eigenvalue weighted by molar-refractivity contribution is -0.138. The fraction of sp³-hybridized carbons (Fsp3) is 0.444. The Kier molecular flexibility index (Phi) is 2.02. The number of rotatable bonds is 1. The number of alkyl halides is 3. The maximum atomic E-state index is 12.6. The van der Waals surface area contributed by atoms with Gasteiger partial charge in [0.05, 0.1) is 5.56 Å². The molecular formula is C9H8F3NO2. The number of carboxylic acids is 1. The van der Waals surface area contributed by atoms with Gasteiger partial charge in [0.25, 0.3) is 0 Å². The molecule has 1 heterocycles. The summed E-state index contributed by atoms with van der Waals surface area (Å²) in [7, 11) is 0. The van der Waals surface area contributed by atoms with Gasteiger partial charge in [-0.2, -0.15) is 13.2 Å². The molecule has 1 aliphatic carbocycles. The molecule has 0 bridgehead atoms. The van der Waals surface area contributed by atoms with Crippen molar-refractivity contribution < 1.29 is 23.1 Å². The van der Waals surface area contributed by atoms with Crippen molar-refractivity contribution in [1.82, 2.24) is 4.98 Å². The lowest BCUT2D eigenvalue weighted by Crippen LogP contribution is -2.13. The van der Waals surface area contributed by atoms with E-state index in [1.54, 1.807) is 0 Å². The van der Waals surface area contributed by atoms with Gasteiger partial charge in [-0.3, -0.25) is 0 Å². The van der Waals surface area contributed by atoms with Crippen LogP contribution in [0.25, 0.3) is 0 Å². The van der Waals surface area contributed by atoms with E-state index >= 15 is 0 Å². The minimum absolute atomic E-state index is 0.125. The first-order chi connectivity index (χ1) is 6.91. The van der Waals surface area contributed by atoms with Crippen molar-refractivity contribution in [2.75, 3.05) is 0 Å². The zero-order valence-corrected chi connectivity index (χ0v) is 7.61. The average molecular weight is 219 g/mol. The van der Waals surface area contributed by atoms with E-state index < -0.39 is 23.4 Å². The van der Waals surface area contributed by atoms with Gasteiger partial charge in [-0.15, -0.1) is 0 Å². The van der Waals surface area contributed by atoms with E-state index in [0.29, 0.717) is 25.0 Å². The molecule has 0 atom stereocenters. The van der Waals surface area contributed by atoms with Crippen LogP contribution in [-0.2, 0) is 19.0 Å². The SMILES string of the molecule is O=C(O)c1[nH]c2c(c1C(F)(F)F)CCC2. The van der Waals surface area contributed by atoms with Gasteiger partial charge in [-0.25, -0.2) is 4.79 Å². The number of aromatic amines is 1. The molecule has 82 valence electrons. The Balaban J connectivity index is 2.63. The number of halogens is 3. The highest BCUT2D eigenvalue weighted by Crippen LogP contribution is 2.39. The van der Waals surface area contributed by atoms with Crippen molar-refractivity contribution in [2.24, 2.45) is 0 Å². The molecule has 0 aromatic carbocycles. The monoisotopic (exact) mass is 219 g/mol. The van der Waals surface area contributed by atoms with E-state index in [0.717, 1.165) is 0 Å². The minimum atomic E-state index is -4.60. The van der Waals surface area contributed by atoms with Crippen molar-refractivity contribution >= 4 is 5.97 Å². The molecule has 1 aromatic heterocycles. The van der Waals surface area contributed by atoms with Gasteiger partial charge in [0.2, 0.25) is 0 Å². The van der Waals surface area contributed by atoms with Crippen molar-refractivity contribution in [3.63, 3.8) is 0 Å². The first-order valence-corrected chi connectivity index (χ1v) is 4.45. The maximum Gasteiger partial charge on any atom is 0.419 e. The summed E-state index contributed by atoms with van der Waals surface area (Å²) in [5.41, 5.74) is -1.19. The summed E-state index contributed by atoms with van der Waals surface area (Å²) in [6.45, 7) is 0. The van der Waals surface area contributed by atoms with Gasteiger partial charge >= 0.3 is 12.1 Å². The van der Waals surface area contributed by atoms with Crippen molar-refractivity contribution in [1.29, 1.82) is 0 Å². The normalized spacial score (nSPS) is 15.4. The molecule has 0 saturated carbocycles. The maximum absolute atomic E-state index is 12.6. The topological polar surface area (TPSA) is 53.1 Å². The number of hydrogen-bond donors (Lipinski definition) is 2. The van der Waals surface area contributed by atoms with Crippen LogP contribution in [0.15, 0.2) is 0 Å². The summed E-state index contributed by atoms with van der Waals surface area (Å²) >= 11 is 0. The Labute approximate surface area is 82.9 Å². The third-order valence-electron chi connectivity index (χ3n) is 2.54. The Bertz CT molecular complexity index is 420. The molecule has 0 radical (unpaired) electrons. The van der Waals surface area contributed by atoms with Crippen LogP contribution in [0.4, 0.5) is 13.2 Å². The van der Waals surface area contributed by atoms with E-state index in [-0.39, 0.29) is 5.56 Å². The van der Waals surface area contributed by atoms with E-state index in [2.05, 4.69) is 4.98 Å². The van der Waals surface area contributed by atoms with Crippen LogP contribution in [0.2, 0.25) is 0 Å². The smallest absolute Gasteiger partial charge is 0.419 e. The second kappa shape index (κ2) is 3.01. The predicted molar refractivity (Wildman–Crippen MR) is 44.8 cm³/mol. The standard InChI is InChI=1S/C9H8F3NO2/c10-9(11,12)6-4-2-1-3-5(4)13-7(6)8(14)15/h13H,1-3H2,(H,14,15). The number of nitrogens with one attached hydrogen (secondary N) is 1. The summed E-state index contributed by atoms with van der Waals surface area (Å²) in [5, 5.41) is 8.66. The number of carboxylic acid groups (broad SMARTS) is 1. The van der Waals surface area contributed by atoms with E-state index in [4.69, 9.17) is 5.11 Å². The number of aromatic carboxylic acids is 1. The molecule has 15 heavy (non-hydrogen) atoms. The van der Waals surface area contributed by atoms with Crippen LogP contribution in [-0.4, -0.2) is 16.1 Å². The summed E-state index contributed by atoms with van der Waals surface area (Å²) in [5.74, 6) is -1.56. The Morgan fingerprint density at radius 1 is 1.33 bits per heavy atom. The molecule has 2 rings (SSSR count). The van der Waals surface area contributed by atoms with E-state index in [9.17, 15) is 18.0 Å². The second-order valence-electron chi connectivity index (χ2n) is 3.49. The molecule has 0 unspecified atom stereocenters. The third-order valence-corrected chi connectivity index (χ3v) is 2.54. The number of hydrogen-bond acceptors (Lipinski definition) is 1. The van der Waals surface area contributed by atoms with Crippen LogP contribution in [0.5, 0.6) is 0 Å². The fourth-order valence-electron chi connectivity index (χ4n) is 2.00. The molecule has 3 nitrogen and oxygen atoms in total. The number of H-pyrrole nitrogens is 1. The lowest BCUT2D eigenvalue weighted by Gasteiger charge is -2.07. The summed E-state index contributed by atoms with van der Waals surface area (Å²) in [6.07, 6.45) is -3.16. The van der Waals surface area contributed by atoms with Gasteiger partial charge < -0.3 is 10.1 Å². The molecule has 1 aromatic rings. The lowest BCUT2D eigenvalue weighted by atomic mass is 10.1. The quantitative estimate of drug-likeness (QED) is 0.760. The highest BCUT2D eigenvalue weighted by molar-refractivity contribution is 5.88. The molecule has 1 aliphatic rings. The fourth-order valence-corrected chi connectivity index (χ4v) is 2.00. The summed E-state index contributed by atoms with van der Waals surface area (Å²) < 4.78 is 37.8. The number of carbonyl (C=O) groups is 1. The van der Waals surface area contributed by atoms with Crippen molar-refractivity contribution in [3.05, 3.63) is 22.5 Å². The second-order valence-corrected chi connectivity index (χ2v) is 3.49. The zero-order valence-electron chi connectivity index (χ0n) is 7.61. The number of aromatic nitrogens is 1. The highest BCUT2D eigenvalue weighted by Gasteiger charge is 2.41. The first kappa shape index (κ1) is 10.1. The van der Waals surface area contributed by atoms with Crippen LogP contribution >= 0.6 is 0 Å². The largest absolute Gasteiger partial charge is 0.477 e. The predicted octanol–water partition coefficient (Wildman–Crippen LogP) is 2.22. The summed E-state index contributed by atoms with van der Waals surface area (Å²) in [4.78, 5) is 13.0. The molecule has 2 N–H and O–H groups in total. The number of fused-ring (bicyclic) bond motifs is 1. The minimum Gasteiger partial charge on any atom is -0.477 e. The van der Waals surface area contributed by atoms with Gasteiger partial charge in [0.15, 0.2) is 0 Å². The van der Waals surface area contributed by atoms with Gasteiger partial charge in [0, 0.05) is 5.69 Å². The van der Waals surface area contributed by atoms with Gasteiger partial charge in [-0.05, 0) is 24.8 Å². The zero-order chi connectivity index (χ0) is 11.2. The van der Waals surface area contributed by atoms with Crippen LogP contribution < -0.4 is 0 Å². The average Bonchev–Trinajstić information content (AvgIpc) is 2.56. The Morgan fingerprint density at radius 2 is 2.00 bits per heavy atom. The van der Waals surface area contributed by atoms with Gasteiger partial charge in [0.1, 0.15) is 5.69 Å². The number of aryl methyl sites for hydroxylation is 1.